The summed E-state index contributed by atoms with van der Waals surface area (Å²) in [5, 5.41) is 6.15. The van der Waals surface area contributed by atoms with Gasteiger partial charge >= 0.3 is 0 Å². The Bertz CT molecular complexity index is 641. The number of rotatable bonds is 3. The van der Waals surface area contributed by atoms with Crippen molar-refractivity contribution in [1.29, 1.82) is 0 Å². The van der Waals surface area contributed by atoms with Crippen LogP contribution in [0.2, 0.25) is 5.02 Å². The number of halogens is 1. The molecule has 0 bridgehead atoms. The Labute approximate surface area is 140 Å². The van der Waals surface area contributed by atoms with E-state index in [2.05, 4.69) is 10.3 Å². The van der Waals surface area contributed by atoms with Crippen molar-refractivity contribution in [3.8, 4) is 11.3 Å². The molecule has 1 aromatic carbocycles. The summed E-state index contributed by atoms with van der Waals surface area (Å²) in [6.07, 6.45) is 0. The Balaban J connectivity index is 1.70. The molecular formula is C14H13ClN2OS3. The molecule has 1 N–H and O–H groups in total. The monoisotopic (exact) mass is 356 g/mol. The largest absolute Gasteiger partial charge is 0.301 e. The highest BCUT2D eigenvalue weighted by Gasteiger charge is 2.23. The summed E-state index contributed by atoms with van der Waals surface area (Å²) in [6, 6.07) is 7.58. The number of anilines is 1. The van der Waals surface area contributed by atoms with E-state index in [4.69, 9.17) is 11.6 Å². The molecule has 1 saturated heterocycles. The number of aromatic nitrogens is 1. The zero-order valence-electron chi connectivity index (χ0n) is 11.0. The molecule has 1 fully saturated rings. The number of nitrogens with zero attached hydrogens (tertiary/aromatic N) is 1. The summed E-state index contributed by atoms with van der Waals surface area (Å²) in [4.78, 5) is 16.6. The van der Waals surface area contributed by atoms with E-state index in [0.717, 1.165) is 28.5 Å². The fraction of sp³-hybridized carbons (Fsp3) is 0.286. The van der Waals surface area contributed by atoms with Gasteiger partial charge in [-0.2, -0.15) is 11.8 Å². The lowest BCUT2D eigenvalue weighted by atomic mass is 10.2. The Morgan fingerprint density at radius 3 is 2.95 bits per heavy atom. The van der Waals surface area contributed by atoms with Crippen LogP contribution in [0.1, 0.15) is 0 Å². The molecule has 3 rings (SSSR count). The molecule has 0 spiro atoms. The average Bonchev–Trinajstić information content (AvgIpc) is 2.97. The number of carbonyl (C=O) groups excluding carboxylic acids is 1. The Morgan fingerprint density at radius 2 is 2.19 bits per heavy atom. The fourth-order valence-corrected chi connectivity index (χ4v) is 5.45. The number of carbonyl (C=O) groups is 1. The summed E-state index contributed by atoms with van der Waals surface area (Å²) < 4.78 is 0. The highest BCUT2D eigenvalue weighted by molar-refractivity contribution is 8.07. The van der Waals surface area contributed by atoms with Crippen LogP contribution < -0.4 is 5.32 Å². The Morgan fingerprint density at radius 1 is 1.33 bits per heavy atom. The molecule has 21 heavy (non-hydrogen) atoms. The lowest BCUT2D eigenvalue weighted by Crippen LogP contribution is -2.30. The van der Waals surface area contributed by atoms with Crippen molar-refractivity contribution in [2.24, 2.45) is 0 Å². The topological polar surface area (TPSA) is 42.0 Å². The molecule has 0 saturated carbocycles. The predicted molar refractivity (Wildman–Crippen MR) is 94.8 cm³/mol. The second kappa shape index (κ2) is 7.05. The van der Waals surface area contributed by atoms with E-state index in [9.17, 15) is 4.79 Å². The van der Waals surface area contributed by atoms with Crippen LogP contribution in [-0.4, -0.2) is 33.4 Å². The van der Waals surface area contributed by atoms with Gasteiger partial charge < -0.3 is 5.32 Å². The van der Waals surface area contributed by atoms with Crippen molar-refractivity contribution < 1.29 is 4.79 Å². The second-order valence-electron chi connectivity index (χ2n) is 4.44. The van der Waals surface area contributed by atoms with E-state index >= 15 is 0 Å². The van der Waals surface area contributed by atoms with Crippen LogP contribution in [0, 0.1) is 0 Å². The lowest BCUT2D eigenvalue weighted by molar-refractivity contribution is -0.115. The number of amides is 1. The molecule has 0 radical (unpaired) electrons. The number of thioether (sulfide) groups is 2. The Kier molecular flexibility index (Phi) is 5.11. The SMILES string of the molecule is O=C(Nc1nc(-c2ccccc2Cl)cs1)C1CSCCS1. The van der Waals surface area contributed by atoms with Gasteiger partial charge in [0.15, 0.2) is 5.13 Å². The predicted octanol–water partition coefficient (Wildman–Crippen LogP) is 4.25. The minimum atomic E-state index is 0.0245. The summed E-state index contributed by atoms with van der Waals surface area (Å²) in [6.45, 7) is 0. The van der Waals surface area contributed by atoms with Gasteiger partial charge in [-0.3, -0.25) is 4.79 Å². The molecule has 2 aromatic rings. The minimum absolute atomic E-state index is 0.0245. The van der Waals surface area contributed by atoms with E-state index in [0.29, 0.717) is 10.2 Å². The van der Waals surface area contributed by atoms with Gasteiger partial charge in [-0.25, -0.2) is 4.98 Å². The molecule has 1 amide bonds. The van der Waals surface area contributed by atoms with Gasteiger partial charge in [0.2, 0.25) is 5.91 Å². The highest BCUT2D eigenvalue weighted by atomic mass is 35.5. The van der Waals surface area contributed by atoms with Crippen LogP contribution in [-0.2, 0) is 4.79 Å². The van der Waals surface area contributed by atoms with E-state index in [-0.39, 0.29) is 11.2 Å². The third-order valence-electron chi connectivity index (χ3n) is 2.99. The molecule has 1 atom stereocenters. The zero-order valence-corrected chi connectivity index (χ0v) is 14.2. The van der Waals surface area contributed by atoms with E-state index in [1.165, 1.54) is 11.3 Å². The third-order valence-corrected chi connectivity index (χ3v) is 6.83. The zero-order chi connectivity index (χ0) is 14.7. The Hall–Kier alpha value is -0.690. The molecule has 7 heteroatoms. The summed E-state index contributed by atoms with van der Waals surface area (Å²) >= 11 is 11.1. The average molecular weight is 357 g/mol. The second-order valence-corrected chi connectivity index (χ2v) is 8.17. The van der Waals surface area contributed by atoms with Gasteiger partial charge in [-0.15, -0.1) is 23.1 Å². The molecule has 1 aromatic heterocycles. The maximum Gasteiger partial charge on any atom is 0.240 e. The molecule has 3 nitrogen and oxygen atoms in total. The van der Waals surface area contributed by atoms with Crippen molar-refractivity contribution in [2.45, 2.75) is 5.25 Å². The van der Waals surface area contributed by atoms with Gasteiger partial charge in [-0.1, -0.05) is 29.8 Å². The first-order chi connectivity index (χ1) is 10.2. The van der Waals surface area contributed by atoms with E-state index in [1.807, 2.05) is 41.4 Å². The van der Waals surface area contributed by atoms with Gasteiger partial charge in [-0.05, 0) is 6.07 Å². The van der Waals surface area contributed by atoms with Crippen molar-refractivity contribution in [3.05, 3.63) is 34.7 Å². The van der Waals surface area contributed by atoms with Crippen LogP contribution in [0.15, 0.2) is 29.6 Å². The highest BCUT2D eigenvalue weighted by Crippen LogP contribution is 2.31. The van der Waals surface area contributed by atoms with Crippen molar-refractivity contribution in [2.75, 3.05) is 22.6 Å². The van der Waals surface area contributed by atoms with Crippen molar-refractivity contribution in [3.63, 3.8) is 0 Å². The van der Waals surface area contributed by atoms with Crippen molar-refractivity contribution in [1.82, 2.24) is 4.98 Å². The molecule has 110 valence electrons. The number of thiazole rings is 1. The van der Waals surface area contributed by atoms with Gasteiger partial charge in [0.1, 0.15) is 0 Å². The first kappa shape index (κ1) is 15.2. The molecule has 1 aliphatic rings. The van der Waals surface area contributed by atoms with Crippen LogP contribution in [0.3, 0.4) is 0 Å². The first-order valence-electron chi connectivity index (χ1n) is 6.44. The smallest absolute Gasteiger partial charge is 0.240 e. The first-order valence-corrected chi connectivity index (χ1v) is 9.91. The molecule has 0 aliphatic carbocycles. The molecule has 2 heterocycles. The number of hydrogen-bond donors (Lipinski definition) is 1. The maximum absolute atomic E-state index is 12.2. The molecular weight excluding hydrogens is 344 g/mol. The van der Waals surface area contributed by atoms with Crippen LogP contribution in [0.4, 0.5) is 5.13 Å². The number of hydrogen-bond acceptors (Lipinski definition) is 5. The number of nitrogens with one attached hydrogen (secondary N) is 1. The number of benzene rings is 1. The maximum atomic E-state index is 12.2. The van der Waals surface area contributed by atoms with Gasteiger partial charge in [0, 0.05) is 33.2 Å². The summed E-state index contributed by atoms with van der Waals surface area (Å²) in [5.41, 5.74) is 1.69. The summed E-state index contributed by atoms with van der Waals surface area (Å²) in [5.74, 6) is 3.08. The normalized spacial score (nSPS) is 18.4. The lowest BCUT2D eigenvalue weighted by Gasteiger charge is -2.19. The van der Waals surface area contributed by atoms with Gasteiger partial charge in [0.25, 0.3) is 0 Å². The fourth-order valence-electron chi connectivity index (χ4n) is 1.95. The summed E-state index contributed by atoms with van der Waals surface area (Å²) in [7, 11) is 0. The van der Waals surface area contributed by atoms with Crippen LogP contribution in [0.25, 0.3) is 11.3 Å². The van der Waals surface area contributed by atoms with Crippen LogP contribution >= 0.6 is 46.5 Å². The molecule has 1 aliphatic heterocycles. The van der Waals surface area contributed by atoms with E-state index in [1.54, 1.807) is 11.8 Å². The van der Waals surface area contributed by atoms with Crippen molar-refractivity contribution >= 4 is 57.5 Å². The standard InChI is InChI=1S/C14H13ClN2OS3/c15-10-4-2-1-3-9(10)11-7-21-14(16-11)17-13(18)12-8-19-5-6-20-12/h1-4,7,12H,5-6,8H2,(H,16,17,18). The molecule has 1 unspecified atom stereocenters. The van der Waals surface area contributed by atoms with Gasteiger partial charge in [0.05, 0.1) is 10.9 Å². The van der Waals surface area contributed by atoms with E-state index < -0.39 is 0 Å². The third kappa shape index (κ3) is 3.74. The van der Waals surface area contributed by atoms with Crippen LogP contribution in [0.5, 0.6) is 0 Å². The quantitative estimate of drug-likeness (QED) is 0.892. The minimum Gasteiger partial charge on any atom is -0.301 e.